The molecule has 0 spiro atoms. The van der Waals surface area contributed by atoms with E-state index in [9.17, 15) is 21.6 Å². The molecule has 0 N–H and O–H groups in total. The first kappa shape index (κ1) is 18.2. The molecular formula is C16H19F3N2O3S. The molecule has 138 valence electrons. The molecule has 1 saturated carbocycles. The predicted octanol–water partition coefficient (Wildman–Crippen LogP) is 3.27. The molecule has 5 nitrogen and oxygen atoms in total. The van der Waals surface area contributed by atoms with Gasteiger partial charge in [0.1, 0.15) is 6.61 Å². The minimum Gasteiger partial charge on any atom is -0.396 e. The Bertz CT molecular complexity index is 748. The van der Waals surface area contributed by atoms with Crippen molar-refractivity contribution in [3.63, 3.8) is 0 Å². The van der Waals surface area contributed by atoms with Gasteiger partial charge in [0.25, 0.3) is 0 Å². The van der Waals surface area contributed by atoms with Gasteiger partial charge in [0.05, 0.1) is 16.2 Å². The summed E-state index contributed by atoms with van der Waals surface area (Å²) in [5, 5.41) is 4.05. The third-order valence-corrected chi connectivity index (χ3v) is 6.19. The molecule has 1 aliphatic heterocycles. The van der Waals surface area contributed by atoms with Crippen molar-refractivity contribution < 1.29 is 26.4 Å². The third-order valence-electron chi connectivity index (χ3n) is 4.30. The number of alkyl halides is 3. The smallest absolute Gasteiger partial charge is 0.396 e. The van der Waals surface area contributed by atoms with Gasteiger partial charge in [0, 0.05) is 25.9 Å². The van der Waals surface area contributed by atoms with Crippen LogP contribution in [0.15, 0.2) is 34.3 Å². The van der Waals surface area contributed by atoms with Gasteiger partial charge in [-0.3, -0.25) is 0 Å². The lowest BCUT2D eigenvalue weighted by Crippen LogP contribution is -2.38. The van der Waals surface area contributed by atoms with Crippen LogP contribution < -0.4 is 0 Å². The fraction of sp³-hybridized carbons (Fsp3) is 0.562. The summed E-state index contributed by atoms with van der Waals surface area (Å²) in [4.78, 5) is 4.91. The van der Waals surface area contributed by atoms with Gasteiger partial charge >= 0.3 is 6.18 Å². The van der Waals surface area contributed by atoms with E-state index >= 15 is 0 Å². The van der Waals surface area contributed by atoms with E-state index in [0.717, 1.165) is 30.7 Å². The van der Waals surface area contributed by atoms with Gasteiger partial charge in [-0.2, -0.15) is 17.5 Å². The maximum absolute atomic E-state index is 12.8. The minimum absolute atomic E-state index is 0.185. The largest absolute Gasteiger partial charge is 0.416 e. The zero-order valence-corrected chi connectivity index (χ0v) is 14.3. The number of rotatable bonds is 5. The molecule has 9 heteroatoms. The summed E-state index contributed by atoms with van der Waals surface area (Å²) in [5.41, 5.74) is -0.183. The Morgan fingerprint density at radius 3 is 2.48 bits per heavy atom. The van der Waals surface area contributed by atoms with Crippen molar-refractivity contribution in [2.45, 2.75) is 36.8 Å². The van der Waals surface area contributed by atoms with E-state index in [4.69, 9.17) is 4.84 Å². The first-order valence-corrected chi connectivity index (χ1v) is 9.56. The van der Waals surface area contributed by atoms with Gasteiger partial charge in [-0.05, 0) is 37.0 Å². The SMILES string of the molecule is O=S(=O)(c1cccc(C(F)(F)F)c1)N1CCC(=NOCC2CC2)CC1. The number of sulfonamides is 1. The first-order valence-electron chi connectivity index (χ1n) is 8.12. The summed E-state index contributed by atoms with van der Waals surface area (Å²) in [5.74, 6) is 0.589. The topological polar surface area (TPSA) is 59.0 Å². The maximum Gasteiger partial charge on any atom is 0.416 e. The van der Waals surface area contributed by atoms with Gasteiger partial charge in [-0.25, -0.2) is 8.42 Å². The van der Waals surface area contributed by atoms with Crippen molar-refractivity contribution in [1.82, 2.24) is 4.31 Å². The number of hydrogen-bond acceptors (Lipinski definition) is 4. The van der Waals surface area contributed by atoms with Gasteiger partial charge in [-0.1, -0.05) is 11.2 Å². The lowest BCUT2D eigenvalue weighted by molar-refractivity contribution is -0.137. The number of halogens is 3. The highest BCUT2D eigenvalue weighted by atomic mass is 32.2. The zero-order chi connectivity index (χ0) is 18.1. The van der Waals surface area contributed by atoms with Crippen molar-refractivity contribution in [1.29, 1.82) is 0 Å². The third kappa shape index (κ3) is 4.52. The number of nitrogens with zero attached hydrogens (tertiary/aromatic N) is 2. The van der Waals surface area contributed by atoms with Crippen LogP contribution in [0.1, 0.15) is 31.2 Å². The van der Waals surface area contributed by atoms with E-state index in [-0.39, 0.29) is 18.0 Å². The fourth-order valence-corrected chi connectivity index (χ4v) is 4.06. The summed E-state index contributed by atoms with van der Waals surface area (Å²) < 4.78 is 64.7. The summed E-state index contributed by atoms with van der Waals surface area (Å²) in [6.45, 7) is 0.962. The molecule has 25 heavy (non-hydrogen) atoms. The summed E-state index contributed by atoms with van der Waals surface area (Å²) in [6, 6.07) is 3.83. The van der Waals surface area contributed by atoms with Crippen molar-refractivity contribution in [2.24, 2.45) is 11.1 Å². The summed E-state index contributed by atoms with van der Waals surface area (Å²) >= 11 is 0. The van der Waals surface area contributed by atoms with Crippen molar-refractivity contribution in [3.8, 4) is 0 Å². The van der Waals surface area contributed by atoms with Crippen LogP contribution in [0.25, 0.3) is 0 Å². The fourth-order valence-electron chi connectivity index (χ4n) is 2.58. The Morgan fingerprint density at radius 1 is 1.20 bits per heavy atom. The van der Waals surface area contributed by atoms with Crippen LogP contribution in [0.5, 0.6) is 0 Å². The average molecular weight is 376 g/mol. The Labute approximate surface area is 144 Å². The molecule has 0 unspecified atom stereocenters. The Kier molecular flexibility index (Phi) is 5.06. The van der Waals surface area contributed by atoms with Crippen LogP contribution in [-0.2, 0) is 21.0 Å². The predicted molar refractivity (Wildman–Crippen MR) is 85.5 cm³/mol. The van der Waals surface area contributed by atoms with E-state index in [1.54, 1.807) is 0 Å². The van der Waals surface area contributed by atoms with Crippen LogP contribution in [0.4, 0.5) is 13.2 Å². The monoisotopic (exact) mass is 376 g/mol. The molecule has 1 saturated heterocycles. The van der Waals surface area contributed by atoms with Crippen LogP contribution in [-0.4, -0.2) is 38.1 Å². The average Bonchev–Trinajstić information content (AvgIpc) is 3.39. The molecule has 3 rings (SSSR count). The second kappa shape index (κ2) is 6.95. The number of oxime groups is 1. The standard InChI is InChI=1S/C16H19F3N2O3S/c17-16(18,19)13-2-1-3-15(10-13)25(22,23)21-8-6-14(7-9-21)20-24-11-12-4-5-12/h1-3,10,12H,4-9,11H2. The van der Waals surface area contributed by atoms with Gasteiger partial charge in [0.15, 0.2) is 0 Å². The number of hydrogen-bond donors (Lipinski definition) is 0. The lowest BCUT2D eigenvalue weighted by atomic mass is 10.1. The van der Waals surface area contributed by atoms with Crippen LogP contribution in [0.2, 0.25) is 0 Å². The Balaban J connectivity index is 1.65. The van der Waals surface area contributed by atoms with Gasteiger partial charge < -0.3 is 4.84 Å². The van der Waals surface area contributed by atoms with Crippen LogP contribution >= 0.6 is 0 Å². The quantitative estimate of drug-likeness (QED) is 0.741. The van der Waals surface area contributed by atoms with Gasteiger partial charge in [0.2, 0.25) is 10.0 Å². The molecule has 0 amide bonds. The Morgan fingerprint density at radius 2 is 1.88 bits per heavy atom. The molecule has 1 aromatic carbocycles. The molecular weight excluding hydrogens is 357 g/mol. The Hall–Kier alpha value is -1.61. The molecule has 0 bridgehead atoms. The summed E-state index contributed by atoms with van der Waals surface area (Å²) in [7, 11) is -3.95. The molecule has 1 aromatic rings. The molecule has 2 aliphatic rings. The molecule has 0 atom stereocenters. The maximum atomic E-state index is 12.8. The van der Waals surface area contributed by atoms with E-state index in [1.165, 1.54) is 10.4 Å². The normalized spacial score (nSPS) is 19.7. The molecule has 0 aromatic heterocycles. The second-order valence-corrected chi connectivity index (χ2v) is 8.26. The van der Waals surface area contributed by atoms with E-state index in [0.29, 0.717) is 31.4 Å². The molecule has 1 heterocycles. The lowest BCUT2D eigenvalue weighted by Gasteiger charge is -2.26. The van der Waals surface area contributed by atoms with Crippen molar-refractivity contribution in [3.05, 3.63) is 29.8 Å². The highest BCUT2D eigenvalue weighted by Crippen LogP contribution is 2.31. The highest BCUT2D eigenvalue weighted by Gasteiger charge is 2.33. The highest BCUT2D eigenvalue weighted by molar-refractivity contribution is 7.89. The number of piperidine rings is 1. The van der Waals surface area contributed by atoms with Crippen LogP contribution in [0.3, 0.4) is 0 Å². The first-order chi connectivity index (χ1) is 11.8. The van der Waals surface area contributed by atoms with Crippen molar-refractivity contribution in [2.75, 3.05) is 19.7 Å². The van der Waals surface area contributed by atoms with Gasteiger partial charge in [-0.15, -0.1) is 0 Å². The molecule has 1 aliphatic carbocycles. The molecule has 0 radical (unpaired) electrons. The van der Waals surface area contributed by atoms with E-state index in [1.807, 2.05) is 0 Å². The zero-order valence-electron chi connectivity index (χ0n) is 13.5. The van der Waals surface area contributed by atoms with Crippen LogP contribution in [0, 0.1) is 5.92 Å². The minimum atomic E-state index is -4.58. The molecule has 2 fully saturated rings. The second-order valence-electron chi connectivity index (χ2n) is 6.33. The summed E-state index contributed by atoms with van der Waals surface area (Å²) in [6.07, 6.45) is -1.42. The number of benzene rings is 1. The van der Waals surface area contributed by atoms with Crippen molar-refractivity contribution >= 4 is 15.7 Å². The van der Waals surface area contributed by atoms with E-state index in [2.05, 4.69) is 5.16 Å². The van der Waals surface area contributed by atoms with E-state index < -0.39 is 21.8 Å².